The van der Waals surface area contributed by atoms with Crippen LogP contribution in [0.15, 0.2) is 0 Å². The molecule has 0 unspecified atom stereocenters. The molecule has 1 spiro atoms. The van der Waals surface area contributed by atoms with Crippen LogP contribution in [0.3, 0.4) is 0 Å². The van der Waals surface area contributed by atoms with E-state index >= 15 is 0 Å². The molecule has 12 heavy (non-hydrogen) atoms. The van der Waals surface area contributed by atoms with Gasteiger partial charge in [0.15, 0.2) is 6.29 Å². The Bertz CT molecular complexity index is 155. The molecule has 2 nitrogen and oxygen atoms in total. The average Bonchev–Trinajstić information content (AvgIpc) is 2.50. The zero-order valence-electron chi connectivity index (χ0n) is 7.22. The van der Waals surface area contributed by atoms with Crippen molar-refractivity contribution in [3.8, 4) is 0 Å². The Labute approximate surface area is 81.7 Å². The fourth-order valence-corrected chi connectivity index (χ4v) is 2.45. The van der Waals surface area contributed by atoms with Crippen molar-refractivity contribution < 1.29 is 9.47 Å². The molecule has 0 aromatic rings. The van der Waals surface area contributed by atoms with Gasteiger partial charge < -0.3 is 9.47 Å². The van der Waals surface area contributed by atoms with Gasteiger partial charge in [-0.2, -0.15) is 0 Å². The predicted molar refractivity (Wildman–Crippen MR) is 50.4 cm³/mol. The highest BCUT2D eigenvalue weighted by atomic mass is 79.9. The van der Waals surface area contributed by atoms with Crippen molar-refractivity contribution >= 4 is 15.9 Å². The molecule has 0 N–H and O–H groups in total. The molecule has 0 amide bonds. The third-order valence-electron chi connectivity index (χ3n) is 2.80. The zero-order chi connectivity index (χ0) is 8.44. The second-order valence-electron chi connectivity index (χ2n) is 3.76. The summed E-state index contributed by atoms with van der Waals surface area (Å²) in [7, 11) is 0. The molecular formula is C9H15BrO2. The first-order valence-corrected chi connectivity index (χ1v) is 5.82. The van der Waals surface area contributed by atoms with E-state index in [4.69, 9.17) is 9.47 Å². The molecular weight excluding hydrogens is 220 g/mol. The first kappa shape index (κ1) is 8.97. The van der Waals surface area contributed by atoms with E-state index in [1.165, 1.54) is 32.1 Å². The van der Waals surface area contributed by atoms with Gasteiger partial charge in [-0.15, -0.1) is 0 Å². The van der Waals surface area contributed by atoms with Crippen LogP contribution in [0, 0.1) is 0 Å². The molecule has 1 heterocycles. The van der Waals surface area contributed by atoms with Crippen LogP contribution in [0.5, 0.6) is 0 Å². The second kappa shape index (κ2) is 3.64. The van der Waals surface area contributed by atoms with Gasteiger partial charge in [0.25, 0.3) is 0 Å². The number of hydrogen-bond acceptors (Lipinski definition) is 2. The normalized spacial score (nSPS) is 34.2. The van der Waals surface area contributed by atoms with Crippen LogP contribution in [0.4, 0.5) is 0 Å². The van der Waals surface area contributed by atoms with E-state index in [0.29, 0.717) is 0 Å². The average molecular weight is 235 g/mol. The van der Waals surface area contributed by atoms with Crippen molar-refractivity contribution in [1.82, 2.24) is 0 Å². The van der Waals surface area contributed by atoms with E-state index < -0.39 is 0 Å². The van der Waals surface area contributed by atoms with Crippen LogP contribution >= 0.6 is 15.9 Å². The van der Waals surface area contributed by atoms with Gasteiger partial charge in [0.1, 0.15) is 0 Å². The van der Waals surface area contributed by atoms with Crippen molar-refractivity contribution in [3.05, 3.63) is 0 Å². The molecule has 0 aromatic carbocycles. The summed E-state index contributed by atoms with van der Waals surface area (Å²) in [6.45, 7) is 0.809. The molecule has 0 bridgehead atoms. The molecule has 1 aliphatic heterocycles. The van der Waals surface area contributed by atoms with Gasteiger partial charge in [0.05, 0.1) is 17.5 Å². The molecule has 2 fully saturated rings. The quantitative estimate of drug-likeness (QED) is 0.650. The van der Waals surface area contributed by atoms with E-state index in [-0.39, 0.29) is 11.9 Å². The number of ether oxygens (including phenoxy) is 2. The van der Waals surface area contributed by atoms with Crippen LogP contribution in [0.1, 0.15) is 32.1 Å². The first-order chi connectivity index (χ1) is 5.85. The fraction of sp³-hybridized carbons (Fsp3) is 1.00. The largest absolute Gasteiger partial charge is 0.349 e. The van der Waals surface area contributed by atoms with Crippen molar-refractivity contribution in [2.75, 3.05) is 11.9 Å². The summed E-state index contributed by atoms with van der Waals surface area (Å²) in [4.78, 5) is 0. The lowest BCUT2D eigenvalue weighted by atomic mass is 9.86. The molecule has 2 rings (SSSR count). The summed E-state index contributed by atoms with van der Waals surface area (Å²) in [5, 5.41) is 0.800. The van der Waals surface area contributed by atoms with E-state index in [2.05, 4.69) is 15.9 Å². The van der Waals surface area contributed by atoms with E-state index in [1.807, 2.05) is 0 Å². The maximum atomic E-state index is 5.87. The van der Waals surface area contributed by atoms with E-state index in [0.717, 1.165) is 11.9 Å². The molecule has 1 aliphatic carbocycles. The van der Waals surface area contributed by atoms with Crippen LogP contribution in [-0.4, -0.2) is 23.8 Å². The third-order valence-corrected chi connectivity index (χ3v) is 3.33. The maximum Gasteiger partial charge on any atom is 0.168 e. The number of alkyl halides is 1. The molecule has 70 valence electrons. The number of rotatable bonds is 1. The van der Waals surface area contributed by atoms with Crippen LogP contribution in [-0.2, 0) is 9.47 Å². The Morgan fingerprint density at radius 1 is 1.25 bits per heavy atom. The summed E-state index contributed by atoms with van der Waals surface area (Å²) < 4.78 is 11.4. The Morgan fingerprint density at radius 3 is 2.58 bits per heavy atom. The molecule has 1 atom stereocenters. The number of halogens is 1. The highest BCUT2D eigenvalue weighted by Gasteiger charge is 2.41. The molecule has 3 heteroatoms. The van der Waals surface area contributed by atoms with Crippen molar-refractivity contribution in [2.45, 2.75) is 44.0 Å². The minimum Gasteiger partial charge on any atom is -0.349 e. The molecule has 0 radical (unpaired) electrons. The van der Waals surface area contributed by atoms with Gasteiger partial charge in [0, 0.05) is 0 Å². The SMILES string of the molecule is BrC[C@@H]1OCC2(CCCCC2)O1. The van der Waals surface area contributed by atoms with Gasteiger partial charge in [-0.05, 0) is 12.8 Å². The van der Waals surface area contributed by atoms with Crippen molar-refractivity contribution in [1.29, 1.82) is 0 Å². The predicted octanol–water partition coefficient (Wildman–Crippen LogP) is 2.46. The van der Waals surface area contributed by atoms with E-state index in [9.17, 15) is 0 Å². The van der Waals surface area contributed by atoms with Gasteiger partial charge in [-0.1, -0.05) is 35.2 Å². The minimum atomic E-state index is 0.00287. The van der Waals surface area contributed by atoms with Crippen molar-refractivity contribution in [3.63, 3.8) is 0 Å². The summed E-state index contributed by atoms with van der Waals surface area (Å²) in [6.07, 6.45) is 6.36. The Balaban J connectivity index is 1.94. The van der Waals surface area contributed by atoms with Crippen LogP contribution in [0.2, 0.25) is 0 Å². The number of hydrogen-bond donors (Lipinski definition) is 0. The van der Waals surface area contributed by atoms with Gasteiger partial charge in [-0.3, -0.25) is 0 Å². The highest BCUT2D eigenvalue weighted by molar-refractivity contribution is 9.09. The van der Waals surface area contributed by atoms with Crippen molar-refractivity contribution in [2.24, 2.45) is 0 Å². The van der Waals surface area contributed by atoms with E-state index in [1.54, 1.807) is 0 Å². The Hall–Kier alpha value is 0.400. The summed E-state index contributed by atoms with van der Waals surface area (Å²) in [6, 6.07) is 0. The zero-order valence-corrected chi connectivity index (χ0v) is 8.81. The molecule has 1 saturated carbocycles. The van der Waals surface area contributed by atoms with Crippen LogP contribution in [0.25, 0.3) is 0 Å². The monoisotopic (exact) mass is 234 g/mol. The lowest BCUT2D eigenvalue weighted by Gasteiger charge is -2.30. The second-order valence-corrected chi connectivity index (χ2v) is 4.40. The van der Waals surface area contributed by atoms with Gasteiger partial charge in [-0.25, -0.2) is 0 Å². The summed E-state index contributed by atoms with van der Waals surface area (Å²) in [5.74, 6) is 0. The minimum absolute atomic E-state index is 0.00287. The van der Waals surface area contributed by atoms with Crippen LogP contribution < -0.4 is 0 Å². The first-order valence-electron chi connectivity index (χ1n) is 4.70. The lowest BCUT2D eigenvalue weighted by Crippen LogP contribution is -2.34. The maximum absolute atomic E-state index is 5.87. The molecule has 0 aromatic heterocycles. The molecule has 2 aliphatic rings. The summed E-state index contributed by atoms with van der Waals surface area (Å²) >= 11 is 3.38. The third kappa shape index (κ3) is 1.68. The lowest BCUT2D eigenvalue weighted by molar-refractivity contribution is -0.0848. The highest BCUT2D eigenvalue weighted by Crippen LogP contribution is 2.37. The van der Waals surface area contributed by atoms with Gasteiger partial charge >= 0.3 is 0 Å². The molecule has 1 saturated heterocycles. The fourth-order valence-electron chi connectivity index (χ4n) is 2.13. The Kier molecular flexibility index (Phi) is 2.72. The topological polar surface area (TPSA) is 18.5 Å². The smallest absolute Gasteiger partial charge is 0.168 e. The standard InChI is InChI=1S/C9H15BrO2/c10-6-8-11-7-9(12-8)4-2-1-3-5-9/h8H,1-7H2/t8-/m1/s1. The Morgan fingerprint density at radius 2 is 2.00 bits per heavy atom. The van der Waals surface area contributed by atoms with Gasteiger partial charge in [0.2, 0.25) is 0 Å². The summed E-state index contributed by atoms with van der Waals surface area (Å²) in [5.41, 5.74) is 0.0939.